The van der Waals surface area contributed by atoms with Gasteiger partial charge in [-0.3, -0.25) is 0 Å². The van der Waals surface area contributed by atoms with Crippen LogP contribution in [0, 0.1) is 5.41 Å². The van der Waals surface area contributed by atoms with E-state index in [1.807, 2.05) is 17.2 Å². The lowest BCUT2D eigenvalue weighted by molar-refractivity contribution is 0.118. The fraction of sp³-hybridized carbons (Fsp3) is 0.667. The summed E-state index contributed by atoms with van der Waals surface area (Å²) < 4.78 is 0. The summed E-state index contributed by atoms with van der Waals surface area (Å²) in [5, 5.41) is 14.6. The molecule has 0 N–H and O–H groups in total. The highest BCUT2D eigenvalue weighted by molar-refractivity contribution is 5.71. The van der Waals surface area contributed by atoms with Crippen LogP contribution in [0.5, 0.6) is 0 Å². The molecule has 70 valence electrons. The van der Waals surface area contributed by atoms with Crippen molar-refractivity contribution in [1.82, 2.24) is 5.01 Å². The van der Waals surface area contributed by atoms with E-state index in [1.54, 1.807) is 6.21 Å². The van der Waals surface area contributed by atoms with Crippen molar-refractivity contribution < 1.29 is 0 Å². The number of hydrogen-bond donors (Lipinski definition) is 0. The Morgan fingerprint density at radius 1 is 1.23 bits per heavy atom. The molecule has 2 atom stereocenters. The summed E-state index contributed by atoms with van der Waals surface area (Å²) >= 11 is 0. The molecule has 0 bridgehead atoms. The minimum atomic E-state index is 0.0224. The number of hydrogen-bond acceptors (Lipinski definition) is 4. The molecule has 0 amide bonds. The maximum Gasteiger partial charge on any atom is 0.179 e. The van der Waals surface area contributed by atoms with Crippen molar-refractivity contribution >= 4 is 6.21 Å². The second-order valence-corrected chi connectivity index (χ2v) is 4.41. The van der Waals surface area contributed by atoms with Crippen LogP contribution in [-0.2, 0) is 0 Å². The number of nitrogens with zero attached hydrogens (tertiary/aromatic N) is 4. The van der Waals surface area contributed by atoms with Gasteiger partial charge in [0, 0.05) is 11.6 Å². The second-order valence-electron chi connectivity index (χ2n) is 4.41. The molecule has 0 aromatic rings. The van der Waals surface area contributed by atoms with Crippen molar-refractivity contribution in [2.45, 2.75) is 33.1 Å². The first-order valence-corrected chi connectivity index (χ1v) is 4.48. The van der Waals surface area contributed by atoms with Gasteiger partial charge in [0.05, 0.1) is 0 Å². The van der Waals surface area contributed by atoms with Crippen LogP contribution in [0.1, 0.15) is 20.8 Å². The van der Waals surface area contributed by atoms with Crippen molar-refractivity contribution in [2.24, 2.45) is 20.7 Å². The molecule has 0 aromatic heterocycles. The zero-order valence-electron chi connectivity index (χ0n) is 8.18. The van der Waals surface area contributed by atoms with E-state index in [1.165, 1.54) is 0 Å². The number of allylic oxidation sites excluding steroid dienone is 1. The lowest BCUT2D eigenvalue weighted by atomic mass is 9.92. The first-order valence-electron chi connectivity index (χ1n) is 4.48. The van der Waals surface area contributed by atoms with Crippen LogP contribution in [0.15, 0.2) is 27.5 Å². The SMILES string of the molecule is CC(C)(C)C1N=NC2C=CC=NN21. The summed E-state index contributed by atoms with van der Waals surface area (Å²) in [4.78, 5) is 0. The number of fused-ring (bicyclic) bond motifs is 1. The first kappa shape index (κ1) is 8.41. The van der Waals surface area contributed by atoms with Gasteiger partial charge in [-0.2, -0.15) is 15.3 Å². The third kappa shape index (κ3) is 1.36. The standard InChI is InChI=1S/C9H14N4/c1-9(2,3)8-12-11-7-5-4-6-10-13(7)8/h4-8H,1-3H3. The zero-order valence-corrected chi connectivity index (χ0v) is 8.18. The smallest absolute Gasteiger partial charge is 0.179 e. The molecule has 4 nitrogen and oxygen atoms in total. The Morgan fingerprint density at radius 2 is 2.00 bits per heavy atom. The molecule has 2 unspecified atom stereocenters. The maximum absolute atomic E-state index is 4.27. The van der Waals surface area contributed by atoms with Gasteiger partial charge in [-0.1, -0.05) is 20.8 Å². The van der Waals surface area contributed by atoms with Gasteiger partial charge in [-0.25, -0.2) is 5.01 Å². The minimum Gasteiger partial charge on any atom is -0.241 e. The van der Waals surface area contributed by atoms with E-state index in [0.29, 0.717) is 0 Å². The highest BCUT2D eigenvalue weighted by Crippen LogP contribution is 2.33. The Labute approximate surface area is 78.0 Å². The van der Waals surface area contributed by atoms with Crippen molar-refractivity contribution in [3.63, 3.8) is 0 Å². The molecule has 0 spiro atoms. The summed E-state index contributed by atoms with van der Waals surface area (Å²) in [7, 11) is 0. The molecule has 4 heteroatoms. The topological polar surface area (TPSA) is 40.3 Å². The fourth-order valence-electron chi connectivity index (χ4n) is 1.47. The van der Waals surface area contributed by atoms with Gasteiger partial charge in [0.2, 0.25) is 0 Å². The van der Waals surface area contributed by atoms with Crippen molar-refractivity contribution in [1.29, 1.82) is 0 Å². The molecule has 0 radical (unpaired) electrons. The summed E-state index contributed by atoms with van der Waals surface area (Å²) in [6.45, 7) is 6.44. The van der Waals surface area contributed by atoms with Crippen molar-refractivity contribution in [2.75, 3.05) is 0 Å². The Balaban J connectivity index is 2.23. The Hall–Kier alpha value is -1.19. The monoisotopic (exact) mass is 178 g/mol. The van der Waals surface area contributed by atoms with Crippen LogP contribution in [0.25, 0.3) is 0 Å². The molecular weight excluding hydrogens is 164 g/mol. The average molecular weight is 178 g/mol. The van der Waals surface area contributed by atoms with Gasteiger partial charge in [-0.15, -0.1) is 0 Å². The van der Waals surface area contributed by atoms with E-state index < -0.39 is 0 Å². The van der Waals surface area contributed by atoms with Gasteiger partial charge in [0.25, 0.3) is 0 Å². The quantitative estimate of drug-likeness (QED) is 0.559. The van der Waals surface area contributed by atoms with E-state index >= 15 is 0 Å². The molecule has 2 rings (SSSR count). The molecule has 0 saturated heterocycles. The lowest BCUT2D eigenvalue weighted by Crippen LogP contribution is -2.40. The van der Waals surface area contributed by atoms with Crippen LogP contribution in [0.2, 0.25) is 0 Å². The molecular formula is C9H14N4. The molecule has 0 aliphatic carbocycles. The molecule has 0 saturated carbocycles. The first-order chi connectivity index (χ1) is 6.09. The number of hydrazone groups is 1. The summed E-state index contributed by atoms with van der Waals surface area (Å²) in [5.41, 5.74) is 0.0841. The minimum absolute atomic E-state index is 0.0224. The van der Waals surface area contributed by atoms with E-state index in [2.05, 4.69) is 36.1 Å². The van der Waals surface area contributed by atoms with Crippen molar-refractivity contribution in [3.8, 4) is 0 Å². The van der Waals surface area contributed by atoms with Gasteiger partial charge in [-0.05, 0) is 12.2 Å². The summed E-state index contributed by atoms with van der Waals surface area (Å²) in [5.74, 6) is 0. The second kappa shape index (κ2) is 2.65. The molecule has 2 aliphatic heterocycles. The van der Waals surface area contributed by atoms with E-state index in [0.717, 1.165) is 0 Å². The van der Waals surface area contributed by atoms with Crippen molar-refractivity contribution in [3.05, 3.63) is 12.2 Å². The number of azo groups is 1. The molecule has 2 heterocycles. The Bertz CT molecular complexity index is 284. The van der Waals surface area contributed by atoms with E-state index in [-0.39, 0.29) is 17.7 Å². The predicted molar refractivity (Wildman–Crippen MR) is 51.4 cm³/mol. The van der Waals surface area contributed by atoms with E-state index in [9.17, 15) is 0 Å². The molecule has 13 heavy (non-hydrogen) atoms. The van der Waals surface area contributed by atoms with Crippen LogP contribution in [0.3, 0.4) is 0 Å². The van der Waals surface area contributed by atoms with Gasteiger partial charge in [0.15, 0.2) is 12.3 Å². The largest absolute Gasteiger partial charge is 0.241 e. The summed E-state index contributed by atoms with van der Waals surface area (Å²) in [6.07, 6.45) is 5.78. The van der Waals surface area contributed by atoms with Crippen LogP contribution in [-0.4, -0.2) is 23.6 Å². The molecule has 0 fully saturated rings. The van der Waals surface area contributed by atoms with Crippen LogP contribution < -0.4 is 0 Å². The van der Waals surface area contributed by atoms with Gasteiger partial charge < -0.3 is 0 Å². The molecule has 2 aliphatic rings. The van der Waals surface area contributed by atoms with Gasteiger partial charge >= 0.3 is 0 Å². The van der Waals surface area contributed by atoms with Crippen LogP contribution >= 0.6 is 0 Å². The molecule has 0 aromatic carbocycles. The maximum atomic E-state index is 4.27. The predicted octanol–water partition coefficient (Wildman–Crippen LogP) is 2.01. The number of rotatable bonds is 0. The Morgan fingerprint density at radius 3 is 2.69 bits per heavy atom. The normalized spacial score (nSPS) is 31.2. The highest BCUT2D eigenvalue weighted by Gasteiger charge is 2.38. The third-order valence-corrected chi connectivity index (χ3v) is 2.16. The Kier molecular flexibility index (Phi) is 1.71. The average Bonchev–Trinajstić information content (AvgIpc) is 2.45. The van der Waals surface area contributed by atoms with Gasteiger partial charge in [0.1, 0.15) is 0 Å². The van der Waals surface area contributed by atoms with E-state index in [4.69, 9.17) is 0 Å². The van der Waals surface area contributed by atoms with Crippen LogP contribution in [0.4, 0.5) is 0 Å². The zero-order chi connectivity index (χ0) is 9.47. The third-order valence-electron chi connectivity index (χ3n) is 2.16. The summed E-state index contributed by atoms with van der Waals surface area (Å²) in [6, 6.07) is 0. The lowest BCUT2D eigenvalue weighted by Gasteiger charge is -2.32. The fourth-order valence-corrected chi connectivity index (χ4v) is 1.47. The highest BCUT2D eigenvalue weighted by atomic mass is 15.6.